The van der Waals surface area contributed by atoms with Crippen LogP contribution in [0.5, 0.6) is 0 Å². The second-order valence-electron chi connectivity index (χ2n) is 5.73. The SMILES string of the molecule is O=C(NO)C(c1ccccc1)c1cccc(C=Cc2ccccc2)c1. The van der Waals surface area contributed by atoms with E-state index in [1.807, 2.05) is 97.1 Å². The van der Waals surface area contributed by atoms with Gasteiger partial charge in [0, 0.05) is 0 Å². The Hall–Kier alpha value is -3.17. The molecule has 3 aromatic carbocycles. The summed E-state index contributed by atoms with van der Waals surface area (Å²) >= 11 is 0. The summed E-state index contributed by atoms with van der Waals surface area (Å²) in [5.41, 5.74) is 5.55. The Morgan fingerprint density at radius 3 is 2.00 bits per heavy atom. The molecule has 0 fully saturated rings. The fraction of sp³-hybridized carbons (Fsp3) is 0.0455. The van der Waals surface area contributed by atoms with Crippen LogP contribution in [0, 0.1) is 0 Å². The lowest BCUT2D eigenvalue weighted by molar-refractivity contribution is -0.129. The van der Waals surface area contributed by atoms with Gasteiger partial charge < -0.3 is 0 Å². The number of nitrogens with one attached hydrogen (secondary N) is 1. The van der Waals surface area contributed by atoms with Gasteiger partial charge in [0.2, 0.25) is 0 Å². The highest BCUT2D eigenvalue weighted by Gasteiger charge is 2.22. The molecule has 25 heavy (non-hydrogen) atoms. The number of amides is 1. The maximum atomic E-state index is 12.2. The highest BCUT2D eigenvalue weighted by Crippen LogP contribution is 2.26. The summed E-state index contributed by atoms with van der Waals surface area (Å²) in [6.07, 6.45) is 4.04. The fourth-order valence-corrected chi connectivity index (χ4v) is 2.80. The Kier molecular flexibility index (Phi) is 5.39. The van der Waals surface area contributed by atoms with Gasteiger partial charge in [-0.2, -0.15) is 0 Å². The molecule has 0 heterocycles. The maximum absolute atomic E-state index is 12.2. The minimum atomic E-state index is -0.559. The first kappa shape index (κ1) is 16.7. The standard InChI is InChI=1S/C22H19NO2/c24-22(23-25)21(19-11-5-2-6-12-19)20-13-7-10-18(16-20)15-14-17-8-3-1-4-9-17/h1-16,21,25H,(H,23,24). The first-order valence-electron chi connectivity index (χ1n) is 8.10. The van der Waals surface area contributed by atoms with Crippen LogP contribution in [0.25, 0.3) is 12.2 Å². The smallest absolute Gasteiger partial charge is 0.255 e. The zero-order valence-electron chi connectivity index (χ0n) is 13.7. The molecule has 0 radical (unpaired) electrons. The molecule has 3 aromatic rings. The van der Waals surface area contributed by atoms with E-state index in [2.05, 4.69) is 0 Å². The molecule has 3 heteroatoms. The monoisotopic (exact) mass is 329 g/mol. The average molecular weight is 329 g/mol. The zero-order chi connectivity index (χ0) is 17.5. The number of carbonyl (C=O) groups is 1. The number of hydrogen-bond acceptors (Lipinski definition) is 2. The van der Waals surface area contributed by atoms with Gasteiger partial charge in [0.25, 0.3) is 5.91 Å². The van der Waals surface area contributed by atoms with Crippen molar-refractivity contribution in [3.63, 3.8) is 0 Å². The number of benzene rings is 3. The second kappa shape index (κ2) is 8.08. The van der Waals surface area contributed by atoms with Crippen LogP contribution in [0.1, 0.15) is 28.2 Å². The molecule has 0 saturated heterocycles. The number of rotatable bonds is 5. The van der Waals surface area contributed by atoms with Crippen LogP contribution >= 0.6 is 0 Å². The van der Waals surface area contributed by atoms with Crippen molar-refractivity contribution < 1.29 is 10.0 Å². The van der Waals surface area contributed by atoms with Gasteiger partial charge in [-0.05, 0) is 22.3 Å². The summed E-state index contributed by atoms with van der Waals surface area (Å²) in [7, 11) is 0. The van der Waals surface area contributed by atoms with Gasteiger partial charge >= 0.3 is 0 Å². The van der Waals surface area contributed by atoms with Crippen molar-refractivity contribution in [3.05, 3.63) is 107 Å². The van der Waals surface area contributed by atoms with Crippen molar-refractivity contribution in [1.29, 1.82) is 0 Å². The fourth-order valence-electron chi connectivity index (χ4n) is 2.80. The van der Waals surface area contributed by atoms with E-state index in [0.29, 0.717) is 0 Å². The normalized spacial score (nSPS) is 12.0. The van der Waals surface area contributed by atoms with Gasteiger partial charge in [0.05, 0.1) is 5.92 Å². The highest BCUT2D eigenvalue weighted by atomic mass is 16.5. The summed E-state index contributed by atoms with van der Waals surface area (Å²) in [6, 6.07) is 27.2. The quantitative estimate of drug-likeness (QED) is 0.411. The lowest BCUT2D eigenvalue weighted by Crippen LogP contribution is -2.27. The Bertz CT molecular complexity index is 857. The molecule has 3 rings (SSSR count). The summed E-state index contributed by atoms with van der Waals surface area (Å²) in [6.45, 7) is 0. The van der Waals surface area contributed by atoms with E-state index in [9.17, 15) is 4.79 Å². The van der Waals surface area contributed by atoms with Crippen molar-refractivity contribution in [2.75, 3.05) is 0 Å². The number of carbonyl (C=O) groups excluding carboxylic acids is 1. The molecule has 1 unspecified atom stereocenters. The third-order valence-electron chi connectivity index (χ3n) is 4.02. The first-order chi connectivity index (χ1) is 12.3. The van der Waals surface area contributed by atoms with Crippen LogP contribution in [0.15, 0.2) is 84.9 Å². The highest BCUT2D eigenvalue weighted by molar-refractivity contribution is 5.86. The van der Waals surface area contributed by atoms with E-state index in [4.69, 9.17) is 5.21 Å². The van der Waals surface area contributed by atoms with E-state index in [-0.39, 0.29) is 0 Å². The molecule has 0 aromatic heterocycles. The molecule has 1 atom stereocenters. The molecule has 0 saturated carbocycles. The first-order valence-corrected chi connectivity index (χ1v) is 8.10. The van der Waals surface area contributed by atoms with Crippen LogP contribution in [-0.4, -0.2) is 11.1 Å². The molecule has 2 N–H and O–H groups in total. The molecule has 0 bridgehead atoms. The van der Waals surface area contributed by atoms with Crippen LogP contribution in [0.3, 0.4) is 0 Å². The van der Waals surface area contributed by atoms with Gasteiger partial charge in [-0.1, -0.05) is 97.1 Å². The largest absolute Gasteiger partial charge is 0.289 e. The minimum absolute atomic E-state index is 0.449. The van der Waals surface area contributed by atoms with E-state index in [1.165, 1.54) is 0 Å². The Morgan fingerprint density at radius 2 is 1.32 bits per heavy atom. The topological polar surface area (TPSA) is 49.3 Å². The molecule has 1 amide bonds. The molecular weight excluding hydrogens is 310 g/mol. The molecule has 0 spiro atoms. The van der Waals surface area contributed by atoms with Crippen LogP contribution in [-0.2, 0) is 4.79 Å². The van der Waals surface area contributed by atoms with Crippen molar-refractivity contribution in [1.82, 2.24) is 5.48 Å². The lowest BCUT2D eigenvalue weighted by Gasteiger charge is -2.16. The molecule has 124 valence electrons. The van der Waals surface area contributed by atoms with E-state index < -0.39 is 11.8 Å². The second-order valence-corrected chi connectivity index (χ2v) is 5.73. The van der Waals surface area contributed by atoms with Gasteiger partial charge in [-0.25, -0.2) is 5.48 Å². The predicted molar refractivity (Wildman–Crippen MR) is 100 cm³/mol. The van der Waals surface area contributed by atoms with Crippen LogP contribution in [0.2, 0.25) is 0 Å². The van der Waals surface area contributed by atoms with E-state index in [1.54, 1.807) is 5.48 Å². The van der Waals surface area contributed by atoms with Crippen molar-refractivity contribution >= 4 is 18.1 Å². The van der Waals surface area contributed by atoms with Crippen molar-refractivity contribution in [2.45, 2.75) is 5.92 Å². The average Bonchev–Trinajstić information content (AvgIpc) is 2.68. The predicted octanol–water partition coefficient (Wildman–Crippen LogP) is 4.49. The number of hydroxylamine groups is 1. The summed E-state index contributed by atoms with van der Waals surface area (Å²) < 4.78 is 0. The van der Waals surface area contributed by atoms with Crippen LogP contribution < -0.4 is 5.48 Å². The van der Waals surface area contributed by atoms with Gasteiger partial charge in [0.1, 0.15) is 0 Å². The third kappa shape index (κ3) is 4.22. The maximum Gasteiger partial charge on any atom is 0.255 e. The summed E-state index contributed by atoms with van der Waals surface area (Å²) in [5.74, 6) is -1.01. The van der Waals surface area contributed by atoms with Gasteiger partial charge in [-0.15, -0.1) is 0 Å². The Labute approximate surface area is 147 Å². The zero-order valence-corrected chi connectivity index (χ0v) is 13.7. The van der Waals surface area contributed by atoms with E-state index >= 15 is 0 Å². The van der Waals surface area contributed by atoms with Crippen molar-refractivity contribution in [2.24, 2.45) is 0 Å². The molecule has 3 nitrogen and oxygen atoms in total. The molecular formula is C22H19NO2. The Morgan fingerprint density at radius 1 is 0.760 bits per heavy atom. The van der Waals surface area contributed by atoms with Crippen molar-refractivity contribution in [3.8, 4) is 0 Å². The Balaban J connectivity index is 1.93. The number of hydrogen-bond donors (Lipinski definition) is 2. The van der Waals surface area contributed by atoms with Gasteiger partial charge in [0.15, 0.2) is 0 Å². The van der Waals surface area contributed by atoms with Gasteiger partial charge in [-0.3, -0.25) is 10.0 Å². The third-order valence-corrected chi connectivity index (χ3v) is 4.02. The minimum Gasteiger partial charge on any atom is -0.289 e. The molecule has 0 aliphatic heterocycles. The summed E-state index contributed by atoms with van der Waals surface area (Å²) in [5, 5.41) is 9.14. The van der Waals surface area contributed by atoms with Crippen LogP contribution in [0.4, 0.5) is 0 Å². The van der Waals surface area contributed by atoms with E-state index in [0.717, 1.165) is 22.3 Å². The summed E-state index contributed by atoms with van der Waals surface area (Å²) in [4.78, 5) is 12.2. The molecule has 0 aliphatic rings. The lowest BCUT2D eigenvalue weighted by atomic mass is 9.89. The molecule has 0 aliphatic carbocycles.